The molecule has 2 rings (SSSR count). The summed E-state index contributed by atoms with van der Waals surface area (Å²) in [7, 11) is 0. The lowest BCUT2D eigenvalue weighted by molar-refractivity contribution is -0.143. The Morgan fingerprint density at radius 3 is 2.68 bits per heavy atom. The van der Waals surface area contributed by atoms with Crippen molar-refractivity contribution in [2.75, 3.05) is 19.6 Å². The summed E-state index contributed by atoms with van der Waals surface area (Å²) in [6, 6.07) is 0.979. The monoisotopic (exact) mass is 268 g/mol. The number of aliphatic carboxylic acids is 1. The largest absolute Gasteiger partial charge is 0.481 e. The molecule has 0 radical (unpaired) electrons. The fourth-order valence-corrected chi connectivity index (χ4v) is 3.42. The second kappa shape index (κ2) is 7.25. The molecule has 110 valence electrons. The molecule has 0 amide bonds. The van der Waals surface area contributed by atoms with Crippen molar-refractivity contribution in [3.63, 3.8) is 0 Å². The van der Waals surface area contributed by atoms with E-state index in [-0.39, 0.29) is 5.92 Å². The van der Waals surface area contributed by atoms with Gasteiger partial charge >= 0.3 is 5.97 Å². The van der Waals surface area contributed by atoms with Crippen molar-refractivity contribution in [2.45, 2.75) is 64.0 Å². The molecule has 19 heavy (non-hydrogen) atoms. The zero-order valence-corrected chi connectivity index (χ0v) is 12.1. The van der Waals surface area contributed by atoms with Crippen LogP contribution in [-0.4, -0.2) is 47.7 Å². The second-order valence-electron chi connectivity index (χ2n) is 6.25. The molecule has 0 aromatic heterocycles. The number of likely N-dealkylation sites (tertiary alicyclic amines) is 1. The van der Waals surface area contributed by atoms with Gasteiger partial charge in [0.1, 0.15) is 0 Å². The van der Waals surface area contributed by atoms with E-state index in [0.717, 1.165) is 32.2 Å². The molecule has 1 saturated carbocycles. The van der Waals surface area contributed by atoms with Gasteiger partial charge in [-0.3, -0.25) is 9.69 Å². The third-order valence-electron chi connectivity index (χ3n) is 4.74. The first-order chi connectivity index (χ1) is 9.16. The van der Waals surface area contributed by atoms with Crippen LogP contribution in [0.1, 0.15) is 51.9 Å². The quantitative estimate of drug-likeness (QED) is 0.801. The third-order valence-corrected chi connectivity index (χ3v) is 4.74. The number of nitrogens with one attached hydrogen (secondary N) is 1. The van der Waals surface area contributed by atoms with E-state index in [0.29, 0.717) is 12.1 Å². The maximum atomic E-state index is 11.0. The first-order valence-corrected chi connectivity index (χ1v) is 7.87. The minimum Gasteiger partial charge on any atom is -0.481 e. The number of hydrogen-bond donors (Lipinski definition) is 2. The lowest BCUT2D eigenvalue weighted by atomic mass is 9.85. The Balaban J connectivity index is 1.70. The molecular weight excluding hydrogens is 240 g/mol. The summed E-state index contributed by atoms with van der Waals surface area (Å²) in [6.45, 7) is 5.74. The highest BCUT2D eigenvalue weighted by molar-refractivity contribution is 5.70. The maximum absolute atomic E-state index is 11.0. The van der Waals surface area contributed by atoms with E-state index < -0.39 is 5.97 Å². The van der Waals surface area contributed by atoms with E-state index in [2.05, 4.69) is 17.1 Å². The van der Waals surface area contributed by atoms with Crippen molar-refractivity contribution in [2.24, 2.45) is 5.92 Å². The van der Waals surface area contributed by atoms with E-state index in [9.17, 15) is 4.79 Å². The lowest BCUT2D eigenvalue weighted by Crippen LogP contribution is -2.46. The predicted octanol–water partition coefficient (Wildman–Crippen LogP) is 2.09. The molecule has 1 aliphatic heterocycles. The van der Waals surface area contributed by atoms with Crippen molar-refractivity contribution in [3.8, 4) is 0 Å². The molecule has 2 aliphatic rings. The number of rotatable bonds is 5. The molecule has 2 fully saturated rings. The highest BCUT2D eigenvalue weighted by Crippen LogP contribution is 2.24. The molecule has 0 spiro atoms. The van der Waals surface area contributed by atoms with Crippen LogP contribution in [0.5, 0.6) is 0 Å². The summed E-state index contributed by atoms with van der Waals surface area (Å²) in [5.74, 6) is -0.743. The number of carboxylic acids is 1. The van der Waals surface area contributed by atoms with Crippen LogP contribution in [0.4, 0.5) is 0 Å². The van der Waals surface area contributed by atoms with Gasteiger partial charge in [0.2, 0.25) is 0 Å². The van der Waals surface area contributed by atoms with Gasteiger partial charge in [0, 0.05) is 18.6 Å². The Bertz CT molecular complexity index is 290. The highest BCUT2D eigenvalue weighted by Gasteiger charge is 2.27. The molecular formula is C15H28N2O2. The molecule has 2 N–H and O–H groups in total. The van der Waals surface area contributed by atoms with E-state index in [1.807, 2.05) is 0 Å². The average molecular weight is 268 g/mol. The second-order valence-corrected chi connectivity index (χ2v) is 6.25. The Hall–Kier alpha value is -0.610. The summed E-state index contributed by atoms with van der Waals surface area (Å²) in [5.41, 5.74) is 0. The summed E-state index contributed by atoms with van der Waals surface area (Å²) in [6.07, 6.45) is 7.88. The van der Waals surface area contributed by atoms with Gasteiger partial charge in [-0.05, 0) is 52.1 Å². The topological polar surface area (TPSA) is 52.6 Å². The first-order valence-electron chi connectivity index (χ1n) is 7.87. The SMILES string of the molecule is CC(CNC1CCCC(C(=O)O)C1)N1CCCCC1. The lowest BCUT2D eigenvalue weighted by Gasteiger charge is -2.34. The van der Waals surface area contributed by atoms with Crippen LogP contribution in [-0.2, 0) is 4.79 Å². The molecule has 0 aromatic carbocycles. The third kappa shape index (κ3) is 4.46. The van der Waals surface area contributed by atoms with Crippen LogP contribution >= 0.6 is 0 Å². The van der Waals surface area contributed by atoms with E-state index in [1.165, 1.54) is 32.4 Å². The molecule has 1 heterocycles. The Morgan fingerprint density at radius 1 is 1.26 bits per heavy atom. The molecule has 1 saturated heterocycles. The molecule has 0 bridgehead atoms. The molecule has 4 nitrogen and oxygen atoms in total. The zero-order chi connectivity index (χ0) is 13.7. The predicted molar refractivity (Wildman–Crippen MR) is 76.3 cm³/mol. The van der Waals surface area contributed by atoms with E-state index in [4.69, 9.17) is 5.11 Å². The van der Waals surface area contributed by atoms with Crippen molar-refractivity contribution >= 4 is 5.97 Å². The maximum Gasteiger partial charge on any atom is 0.306 e. The number of carbonyl (C=O) groups is 1. The van der Waals surface area contributed by atoms with Crippen molar-refractivity contribution < 1.29 is 9.90 Å². The van der Waals surface area contributed by atoms with Crippen LogP contribution in [0.15, 0.2) is 0 Å². The number of nitrogens with zero attached hydrogens (tertiary/aromatic N) is 1. The van der Waals surface area contributed by atoms with E-state index in [1.54, 1.807) is 0 Å². The summed E-state index contributed by atoms with van der Waals surface area (Å²) >= 11 is 0. The van der Waals surface area contributed by atoms with Crippen LogP contribution < -0.4 is 5.32 Å². The van der Waals surface area contributed by atoms with Gasteiger partial charge in [0.15, 0.2) is 0 Å². The van der Waals surface area contributed by atoms with Gasteiger partial charge in [0.25, 0.3) is 0 Å². The first kappa shape index (κ1) is 14.8. The van der Waals surface area contributed by atoms with Gasteiger partial charge in [-0.2, -0.15) is 0 Å². The highest BCUT2D eigenvalue weighted by atomic mass is 16.4. The summed E-state index contributed by atoms with van der Waals surface area (Å²) in [4.78, 5) is 13.6. The average Bonchev–Trinajstić information content (AvgIpc) is 2.46. The molecule has 3 unspecified atom stereocenters. The summed E-state index contributed by atoms with van der Waals surface area (Å²) < 4.78 is 0. The van der Waals surface area contributed by atoms with Gasteiger partial charge < -0.3 is 10.4 Å². The van der Waals surface area contributed by atoms with Crippen LogP contribution in [0.25, 0.3) is 0 Å². The number of hydrogen-bond acceptors (Lipinski definition) is 3. The van der Waals surface area contributed by atoms with Crippen LogP contribution in [0.2, 0.25) is 0 Å². The van der Waals surface area contributed by atoms with Crippen molar-refractivity contribution in [1.29, 1.82) is 0 Å². The van der Waals surface area contributed by atoms with Gasteiger partial charge in [-0.25, -0.2) is 0 Å². The number of carboxylic acid groups (broad SMARTS) is 1. The van der Waals surface area contributed by atoms with Crippen LogP contribution in [0.3, 0.4) is 0 Å². The Morgan fingerprint density at radius 2 is 2.00 bits per heavy atom. The van der Waals surface area contributed by atoms with Gasteiger partial charge in [-0.1, -0.05) is 12.8 Å². The molecule has 1 aliphatic carbocycles. The van der Waals surface area contributed by atoms with Crippen LogP contribution in [0, 0.1) is 5.92 Å². The Kier molecular flexibility index (Phi) is 5.64. The smallest absolute Gasteiger partial charge is 0.306 e. The van der Waals surface area contributed by atoms with Gasteiger partial charge in [0.05, 0.1) is 5.92 Å². The Labute approximate surface area is 116 Å². The normalized spacial score (nSPS) is 31.0. The fraction of sp³-hybridized carbons (Fsp3) is 0.933. The minimum atomic E-state index is -0.615. The summed E-state index contributed by atoms with van der Waals surface area (Å²) in [5, 5.41) is 12.7. The zero-order valence-electron chi connectivity index (χ0n) is 12.1. The molecule has 0 aromatic rings. The number of piperidine rings is 1. The minimum absolute atomic E-state index is 0.128. The molecule has 4 heteroatoms. The standard InChI is InChI=1S/C15H28N2O2/c1-12(17-8-3-2-4-9-17)11-16-14-7-5-6-13(10-14)15(18)19/h12-14,16H,2-11H2,1H3,(H,18,19). The van der Waals surface area contributed by atoms with E-state index >= 15 is 0 Å². The van der Waals surface area contributed by atoms with Crippen molar-refractivity contribution in [1.82, 2.24) is 10.2 Å². The fourth-order valence-electron chi connectivity index (χ4n) is 3.42. The molecule has 3 atom stereocenters. The van der Waals surface area contributed by atoms with Gasteiger partial charge in [-0.15, -0.1) is 0 Å². The van der Waals surface area contributed by atoms with Crippen molar-refractivity contribution in [3.05, 3.63) is 0 Å².